The number of para-hydroxylation sites is 3. The molecule has 2 heterocycles. The first-order valence-corrected chi connectivity index (χ1v) is 11.1. The number of amides is 1. The Morgan fingerprint density at radius 1 is 1.10 bits per heavy atom. The molecule has 1 fully saturated rings. The molecule has 156 valence electrons. The fourth-order valence-electron chi connectivity index (χ4n) is 3.55. The van der Waals surface area contributed by atoms with E-state index in [9.17, 15) is 4.79 Å². The first-order valence-electron chi connectivity index (χ1n) is 10.2. The van der Waals surface area contributed by atoms with Crippen LogP contribution in [0, 0.1) is 0 Å². The topological polar surface area (TPSA) is 50.8 Å². The first-order chi connectivity index (χ1) is 14.8. The molecular weight excluding hydrogens is 396 g/mol. The van der Waals surface area contributed by atoms with E-state index >= 15 is 0 Å². The van der Waals surface area contributed by atoms with Crippen LogP contribution in [0.25, 0.3) is 0 Å². The van der Waals surface area contributed by atoms with Crippen LogP contribution >= 0.6 is 11.3 Å². The second kappa shape index (κ2) is 10.4. The smallest absolute Gasteiger partial charge is 0.238 e. The summed E-state index contributed by atoms with van der Waals surface area (Å²) in [5.41, 5.74) is 0.666. The summed E-state index contributed by atoms with van der Waals surface area (Å²) in [5, 5.41) is 5.09. The zero-order valence-electron chi connectivity index (χ0n) is 16.8. The Hall–Kier alpha value is -2.67. The van der Waals surface area contributed by atoms with Crippen molar-refractivity contribution < 1.29 is 14.3 Å². The largest absolute Gasteiger partial charge is 0.455 e. The van der Waals surface area contributed by atoms with Gasteiger partial charge in [0.2, 0.25) is 5.91 Å². The van der Waals surface area contributed by atoms with Gasteiger partial charge in [0.15, 0.2) is 5.75 Å². The molecule has 1 aliphatic heterocycles. The van der Waals surface area contributed by atoms with Gasteiger partial charge in [0.05, 0.1) is 18.3 Å². The third-order valence-electron chi connectivity index (χ3n) is 4.94. The number of nitrogens with zero attached hydrogens (tertiary/aromatic N) is 1. The average molecular weight is 423 g/mol. The van der Waals surface area contributed by atoms with Gasteiger partial charge < -0.3 is 14.8 Å². The van der Waals surface area contributed by atoms with E-state index in [4.69, 9.17) is 9.47 Å². The van der Waals surface area contributed by atoms with Gasteiger partial charge in [-0.25, -0.2) is 0 Å². The molecule has 0 bridgehead atoms. The monoisotopic (exact) mass is 422 g/mol. The number of nitrogens with one attached hydrogen (secondary N) is 1. The minimum absolute atomic E-state index is 0.0614. The molecule has 1 amide bonds. The Bertz CT molecular complexity index is 925. The molecule has 1 N–H and O–H groups in total. The molecule has 1 aromatic heterocycles. The van der Waals surface area contributed by atoms with Crippen LogP contribution in [-0.2, 0) is 16.1 Å². The molecule has 4 rings (SSSR count). The Balaban J connectivity index is 1.41. The van der Waals surface area contributed by atoms with E-state index in [1.807, 2.05) is 60.7 Å². The predicted molar refractivity (Wildman–Crippen MR) is 120 cm³/mol. The van der Waals surface area contributed by atoms with Gasteiger partial charge in [0, 0.05) is 24.6 Å². The number of thiophene rings is 1. The van der Waals surface area contributed by atoms with Crippen molar-refractivity contribution in [3.8, 4) is 11.5 Å². The number of hydrogen-bond acceptors (Lipinski definition) is 5. The Labute approximate surface area is 181 Å². The summed E-state index contributed by atoms with van der Waals surface area (Å²) < 4.78 is 11.8. The second-order valence-corrected chi connectivity index (χ2v) is 8.38. The molecule has 30 heavy (non-hydrogen) atoms. The number of benzene rings is 2. The van der Waals surface area contributed by atoms with E-state index < -0.39 is 0 Å². The van der Waals surface area contributed by atoms with Crippen molar-refractivity contribution in [1.82, 2.24) is 4.90 Å². The lowest BCUT2D eigenvalue weighted by atomic mass is 10.2. The third kappa shape index (κ3) is 5.92. The maximum Gasteiger partial charge on any atom is 0.238 e. The van der Waals surface area contributed by atoms with Crippen molar-refractivity contribution in [1.29, 1.82) is 0 Å². The number of ether oxygens (including phenoxy) is 2. The Morgan fingerprint density at radius 3 is 2.70 bits per heavy atom. The maximum absolute atomic E-state index is 12.9. The van der Waals surface area contributed by atoms with Crippen LogP contribution in [0.4, 0.5) is 5.69 Å². The normalized spacial score (nSPS) is 16.0. The van der Waals surface area contributed by atoms with Crippen LogP contribution in [-0.4, -0.2) is 36.6 Å². The predicted octanol–water partition coefficient (Wildman–Crippen LogP) is 5.16. The number of hydrogen-bond donors (Lipinski definition) is 1. The van der Waals surface area contributed by atoms with E-state index in [0.29, 0.717) is 18.0 Å². The molecule has 6 heteroatoms. The van der Waals surface area contributed by atoms with Gasteiger partial charge in [0.1, 0.15) is 5.75 Å². The van der Waals surface area contributed by atoms with Gasteiger partial charge >= 0.3 is 0 Å². The molecular formula is C24H26N2O3S. The number of carbonyl (C=O) groups is 1. The van der Waals surface area contributed by atoms with Crippen LogP contribution in [0.15, 0.2) is 72.1 Å². The van der Waals surface area contributed by atoms with Crippen LogP contribution in [0.5, 0.6) is 11.5 Å². The van der Waals surface area contributed by atoms with Crippen molar-refractivity contribution in [2.24, 2.45) is 0 Å². The number of rotatable bonds is 9. The maximum atomic E-state index is 12.9. The zero-order chi connectivity index (χ0) is 20.6. The summed E-state index contributed by atoms with van der Waals surface area (Å²) in [6.07, 6.45) is 2.34. The van der Waals surface area contributed by atoms with E-state index in [1.165, 1.54) is 4.88 Å². The highest BCUT2D eigenvalue weighted by molar-refractivity contribution is 7.09. The van der Waals surface area contributed by atoms with Crippen molar-refractivity contribution in [2.75, 3.05) is 25.0 Å². The van der Waals surface area contributed by atoms with Crippen molar-refractivity contribution in [3.63, 3.8) is 0 Å². The van der Waals surface area contributed by atoms with Crippen LogP contribution in [0.1, 0.15) is 17.7 Å². The van der Waals surface area contributed by atoms with Gasteiger partial charge in [-0.3, -0.25) is 9.69 Å². The molecule has 1 atom stereocenters. The van der Waals surface area contributed by atoms with Crippen molar-refractivity contribution in [3.05, 3.63) is 77.0 Å². The second-order valence-electron chi connectivity index (χ2n) is 7.34. The van der Waals surface area contributed by atoms with Gasteiger partial charge in [-0.2, -0.15) is 0 Å². The molecule has 0 unspecified atom stereocenters. The average Bonchev–Trinajstić information content (AvgIpc) is 3.45. The van der Waals surface area contributed by atoms with Gasteiger partial charge in [-0.1, -0.05) is 36.4 Å². The highest BCUT2D eigenvalue weighted by Crippen LogP contribution is 2.29. The van der Waals surface area contributed by atoms with Crippen molar-refractivity contribution in [2.45, 2.75) is 25.5 Å². The van der Waals surface area contributed by atoms with E-state index in [-0.39, 0.29) is 12.0 Å². The van der Waals surface area contributed by atoms with Crippen molar-refractivity contribution >= 4 is 22.9 Å². The molecule has 0 aliphatic carbocycles. The lowest BCUT2D eigenvalue weighted by molar-refractivity contribution is -0.117. The van der Waals surface area contributed by atoms with E-state index in [2.05, 4.69) is 21.7 Å². The number of carbonyl (C=O) groups excluding carboxylic acids is 1. The summed E-state index contributed by atoms with van der Waals surface area (Å²) in [7, 11) is 0. The molecule has 0 spiro atoms. The van der Waals surface area contributed by atoms with Crippen LogP contribution in [0.2, 0.25) is 0 Å². The summed E-state index contributed by atoms with van der Waals surface area (Å²) in [5.74, 6) is 1.30. The molecule has 1 saturated heterocycles. The molecule has 0 radical (unpaired) electrons. The quantitative estimate of drug-likeness (QED) is 0.517. The number of anilines is 1. The minimum atomic E-state index is -0.0614. The highest BCUT2D eigenvalue weighted by Gasteiger charge is 2.21. The third-order valence-corrected chi connectivity index (χ3v) is 5.81. The highest BCUT2D eigenvalue weighted by atomic mass is 32.1. The standard InChI is InChI=1S/C24H26N2O3S/c27-24(18-26(16-20-10-6-14-28-20)17-21-11-7-15-30-21)25-22-12-4-5-13-23(22)29-19-8-2-1-3-9-19/h1-5,7-9,11-13,15,20H,6,10,14,16-18H2,(H,25,27)/t20-/m0/s1. The SMILES string of the molecule is O=C(CN(Cc1cccs1)C[C@@H]1CCCO1)Nc1ccccc1Oc1ccccc1. The lowest BCUT2D eigenvalue weighted by Crippen LogP contribution is -2.37. The first kappa shape index (κ1) is 20.6. The summed E-state index contributed by atoms with van der Waals surface area (Å²) in [4.78, 5) is 16.3. The lowest BCUT2D eigenvalue weighted by Gasteiger charge is -2.24. The van der Waals surface area contributed by atoms with Gasteiger partial charge in [0.25, 0.3) is 0 Å². The zero-order valence-corrected chi connectivity index (χ0v) is 17.6. The van der Waals surface area contributed by atoms with E-state index in [1.54, 1.807) is 11.3 Å². The fourth-order valence-corrected chi connectivity index (χ4v) is 4.30. The molecule has 3 aromatic rings. The van der Waals surface area contributed by atoms with Crippen LogP contribution < -0.4 is 10.1 Å². The van der Waals surface area contributed by atoms with E-state index in [0.717, 1.165) is 38.3 Å². The minimum Gasteiger partial charge on any atom is -0.455 e. The molecule has 1 aliphatic rings. The summed E-state index contributed by atoms with van der Waals surface area (Å²) in [6.45, 7) is 2.62. The molecule has 2 aromatic carbocycles. The van der Waals surface area contributed by atoms with Gasteiger partial charge in [-0.15, -0.1) is 11.3 Å². The summed E-state index contributed by atoms with van der Waals surface area (Å²) in [6, 6.07) is 21.2. The summed E-state index contributed by atoms with van der Waals surface area (Å²) >= 11 is 1.71. The van der Waals surface area contributed by atoms with Crippen LogP contribution in [0.3, 0.4) is 0 Å². The fraction of sp³-hybridized carbons (Fsp3) is 0.292. The molecule has 5 nitrogen and oxygen atoms in total. The molecule has 0 saturated carbocycles. The Kier molecular flexibility index (Phi) is 7.13. The Morgan fingerprint density at radius 2 is 1.93 bits per heavy atom. The van der Waals surface area contributed by atoms with Gasteiger partial charge in [-0.05, 0) is 48.6 Å².